The van der Waals surface area contributed by atoms with Gasteiger partial charge in [-0.3, -0.25) is 4.79 Å². The van der Waals surface area contributed by atoms with E-state index < -0.39 is 17.5 Å². The van der Waals surface area contributed by atoms with Crippen LogP contribution < -0.4 is 5.32 Å². The Morgan fingerprint density at radius 3 is 2.83 bits per heavy atom. The van der Waals surface area contributed by atoms with Gasteiger partial charge in [0.1, 0.15) is 11.6 Å². The fourth-order valence-electron chi connectivity index (χ4n) is 1.37. The van der Waals surface area contributed by atoms with Crippen LogP contribution in [0.15, 0.2) is 36.5 Å². The smallest absolute Gasteiger partial charge is 0.259 e. The number of amides is 1. The van der Waals surface area contributed by atoms with Gasteiger partial charge in [-0.15, -0.1) is 0 Å². The highest BCUT2D eigenvalue weighted by molar-refractivity contribution is 6.32. The third-order valence-corrected chi connectivity index (χ3v) is 2.51. The van der Waals surface area contributed by atoms with Crippen LogP contribution >= 0.6 is 11.6 Å². The number of pyridine rings is 1. The summed E-state index contributed by atoms with van der Waals surface area (Å²) < 4.78 is 12.8. The molecule has 0 radical (unpaired) electrons. The number of carbonyl (C=O) groups is 1. The van der Waals surface area contributed by atoms with Crippen LogP contribution in [-0.2, 0) is 0 Å². The van der Waals surface area contributed by atoms with Crippen molar-refractivity contribution in [3.8, 4) is 5.75 Å². The number of halogens is 2. The number of aromatic hydroxyl groups is 1. The van der Waals surface area contributed by atoms with Gasteiger partial charge in [0.05, 0.1) is 11.3 Å². The summed E-state index contributed by atoms with van der Waals surface area (Å²) in [4.78, 5) is 15.6. The van der Waals surface area contributed by atoms with Gasteiger partial charge in [-0.05, 0) is 24.3 Å². The maximum Gasteiger partial charge on any atom is 0.259 e. The van der Waals surface area contributed by atoms with Crippen molar-refractivity contribution in [1.29, 1.82) is 0 Å². The normalized spacial score (nSPS) is 10.1. The van der Waals surface area contributed by atoms with Crippen molar-refractivity contribution >= 4 is 23.2 Å². The number of hydrogen-bond donors (Lipinski definition) is 2. The monoisotopic (exact) mass is 266 g/mol. The highest BCUT2D eigenvalue weighted by Gasteiger charge is 2.13. The molecule has 0 saturated heterocycles. The molecule has 0 aliphatic heterocycles. The van der Waals surface area contributed by atoms with E-state index in [1.165, 1.54) is 12.3 Å². The molecule has 0 unspecified atom stereocenters. The summed E-state index contributed by atoms with van der Waals surface area (Å²) in [5.74, 6) is -1.65. The van der Waals surface area contributed by atoms with E-state index >= 15 is 0 Å². The zero-order valence-electron chi connectivity index (χ0n) is 9.02. The average Bonchev–Trinajstić information content (AvgIpc) is 2.32. The van der Waals surface area contributed by atoms with Gasteiger partial charge in [-0.2, -0.15) is 0 Å². The lowest BCUT2D eigenvalue weighted by Gasteiger charge is -2.07. The molecule has 0 saturated carbocycles. The number of hydrogen-bond acceptors (Lipinski definition) is 3. The second-order valence-corrected chi connectivity index (χ2v) is 3.82. The van der Waals surface area contributed by atoms with Gasteiger partial charge in [0.15, 0.2) is 5.15 Å². The lowest BCUT2D eigenvalue weighted by molar-refractivity contribution is 0.102. The van der Waals surface area contributed by atoms with Gasteiger partial charge in [0, 0.05) is 12.3 Å². The van der Waals surface area contributed by atoms with Crippen molar-refractivity contribution < 1.29 is 14.3 Å². The van der Waals surface area contributed by atoms with Gasteiger partial charge >= 0.3 is 0 Å². The van der Waals surface area contributed by atoms with Crippen LogP contribution in [0.25, 0.3) is 0 Å². The number of rotatable bonds is 2. The largest absolute Gasteiger partial charge is 0.507 e. The summed E-state index contributed by atoms with van der Waals surface area (Å²) in [6, 6.07) is 6.29. The molecule has 18 heavy (non-hydrogen) atoms. The molecular formula is C12H8ClFN2O2. The van der Waals surface area contributed by atoms with E-state index in [-0.39, 0.29) is 10.7 Å². The predicted molar refractivity (Wildman–Crippen MR) is 65.3 cm³/mol. The maximum absolute atomic E-state index is 12.8. The average molecular weight is 267 g/mol. The second kappa shape index (κ2) is 5.01. The molecule has 0 atom stereocenters. The van der Waals surface area contributed by atoms with E-state index in [1.54, 1.807) is 12.1 Å². The van der Waals surface area contributed by atoms with Crippen LogP contribution in [0.5, 0.6) is 5.75 Å². The Morgan fingerprint density at radius 2 is 2.17 bits per heavy atom. The molecule has 2 aromatic rings. The zero-order valence-corrected chi connectivity index (χ0v) is 9.78. The number of aromatic nitrogens is 1. The van der Waals surface area contributed by atoms with E-state index in [0.717, 1.165) is 12.1 Å². The van der Waals surface area contributed by atoms with Crippen molar-refractivity contribution in [2.45, 2.75) is 0 Å². The van der Waals surface area contributed by atoms with Crippen molar-refractivity contribution in [1.82, 2.24) is 4.98 Å². The maximum atomic E-state index is 12.8. The summed E-state index contributed by atoms with van der Waals surface area (Å²) in [5.41, 5.74) is 0.268. The number of phenolic OH excluding ortho intramolecular Hbond substituents is 1. The molecule has 0 aliphatic carbocycles. The number of benzene rings is 1. The predicted octanol–water partition coefficient (Wildman–Crippen LogP) is 2.83. The third-order valence-electron chi connectivity index (χ3n) is 2.21. The molecule has 1 aromatic heterocycles. The SMILES string of the molecule is O=C(Nc1cccnc1Cl)c1ccc(F)cc1O. The molecule has 2 rings (SSSR count). The van der Waals surface area contributed by atoms with Crippen LogP contribution in [0.2, 0.25) is 5.15 Å². The summed E-state index contributed by atoms with van der Waals surface area (Å²) in [5, 5.41) is 12.1. The standard InChI is InChI=1S/C12H8ClFN2O2/c13-11-9(2-1-5-15-11)16-12(18)8-4-3-7(14)6-10(8)17/h1-6,17H,(H,16,18). The lowest BCUT2D eigenvalue weighted by atomic mass is 10.2. The molecule has 0 bridgehead atoms. The van der Waals surface area contributed by atoms with Crippen molar-refractivity contribution in [3.63, 3.8) is 0 Å². The Morgan fingerprint density at radius 1 is 1.39 bits per heavy atom. The van der Waals surface area contributed by atoms with E-state index in [2.05, 4.69) is 10.3 Å². The number of nitrogens with zero attached hydrogens (tertiary/aromatic N) is 1. The highest BCUT2D eigenvalue weighted by Crippen LogP contribution is 2.22. The molecule has 6 heteroatoms. The number of phenols is 1. The molecule has 1 heterocycles. The summed E-state index contributed by atoms with van der Waals surface area (Å²) in [7, 11) is 0. The fourth-order valence-corrected chi connectivity index (χ4v) is 1.53. The molecule has 0 spiro atoms. The summed E-state index contributed by atoms with van der Waals surface area (Å²) >= 11 is 5.77. The number of anilines is 1. The molecular weight excluding hydrogens is 259 g/mol. The quantitative estimate of drug-likeness (QED) is 0.822. The Hall–Kier alpha value is -2.14. The van der Waals surface area contributed by atoms with Crippen LogP contribution in [0.1, 0.15) is 10.4 Å². The first-order valence-corrected chi connectivity index (χ1v) is 5.36. The lowest BCUT2D eigenvalue weighted by Crippen LogP contribution is -2.12. The first-order chi connectivity index (χ1) is 8.58. The van der Waals surface area contributed by atoms with Crippen LogP contribution in [0.3, 0.4) is 0 Å². The first kappa shape index (κ1) is 12.3. The van der Waals surface area contributed by atoms with Crippen LogP contribution in [0.4, 0.5) is 10.1 Å². The molecule has 4 nitrogen and oxygen atoms in total. The Kier molecular flexibility index (Phi) is 3.43. The van der Waals surface area contributed by atoms with E-state index in [0.29, 0.717) is 5.69 Å². The molecule has 92 valence electrons. The minimum atomic E-state index is -0.622. The topological polar surface area (TPSA) is 62.2 Å². The molecule has 1 aromatic carbocycles. The highest BCUT2D eigenvalue weighted by atomic mass is 35.5. The zero-order chi connectivity index (χ0) is 13.1. The fraction of sp³-hybridized carbons (Fsp3) is 0. The Bertz CT molecular complexity index is 604. The minimum Gasteiger partial charge on any atom is -0.507 e. The molecule has 0 fully saturated rings. The van der Waals surface area contributed by atoms with Crippen LogP contribution in [0, 0.1) is 5.82 Å². The second-order valence-electron chi connectivity index (χ2n) is 3.46. The van der Waals surface area contributed by atoms with Crippen molar-refractivity contribution in [3.05, 3.63) is 53.1 Å². The van der Waals surface area contributed by atoms with Crippen LogP contribution in [-0.4, -0.2) is 16.0 Å². The summed E-state index contributed by atoms with van der Waals surface area (Å²) in [6.07, 6.45) is 1.48. The van der Waals surface area contributed by atoms with E-state index in [4.69, 9.17) is 11.6 Å². The van der Waals surface area contributed by atoms with Gasteiger partial charge in [-0.25, -0.2) is 9.37 Å². The van der Waals surface area contributed by atoms with Crippen molar-refractivity contribution in [2.75, 3.05) is 5.32 Å². The first-order valence-electron chi connectivity index (χ1n) is 4.98. The Labute approximate surface area is 107 Å². The van der Waals surface area contributed by atoms with Gasteiger partial charge in [0.2, 0.25) is 0 Å². The van der Waals surface area contributed by atoms with E-state index in [9.17, 15) is 14.3 Å². The van der Waals surface area contributed by atoms with Gasteiger partial charge in [-0.1, -0.05) is 11.6 Å². The molecule has 0 aliphatic rings. The minimum absolute atomic E-state index is 0.0451. The number of carbonyl (C=O) groups excluding carboxylic acids is 1. The van der Waals surface area contributed by atoms with Crippen molar-refractivity contribution in [2.24, 2.45) is 0 Å². The summed E-state index contributed by atoms with van der Waals surface area (Å²) in [6.45, 7) is 0. The number of nitrogens with one attached hydrogen (secondary N) is 1. The Balaban J connectivity index is 2.25. The third kappa shape index (κ3) is 2.57. The van der Waals surface area contributed by atoms with E-state index in [1.807, 2.05) is 0 Å². The molecule has 1 amide bonds. The molecule has 2 N–H and O–H groups in total. The van der Waals surface area contributed by atoms with Gasteiger partial charge < -0.3 is 10.4 Å². The van der Waals surface area contributed by atoms with Gasteiger partial charge in [0.25, 0.3) is 5.91 Å².